The molecular formula is C23H24N10O4. The number of carbonyl (C=O) groups is 2. The maximum atomic E-state index is 12.5. The van der Waals surface area contributed by atoms with Crippen LogP contribution in [0, 0.1) is 0 Å². The summed E-state index contributed by atoms with van der Waals surface area (Å²) in [4.78, 5) is 31.8. The molecule has 0 radical (unpaired) electrons. The summed E-state index contributed by atoms with van der Waals surface area (Å²) in [6.07, 6.45) is 2.25. The van der Waals surface area contributed by atoms with Crippen molar-refractivity contribution in [2.24, 2.45) is 12.8 Å². The second-order valence-electron chi connectivity index (χ2n) is 7.61. The predicted octanol–water partition coefficient (Wildman–Crippen LogP) is 2.12. The molecule has 2 amide bonds. The number of para-hydroxylation sites is 1. The second kappa shape index (κ2) is 11.0. The summed E-state index contributed by atoms with van der Waals surface area (Å²) in [6, 6.07) is 10.5. The Bertz CT molecular complexity index is 1420. The van der Waals surface area contributed by atoms with Gasteiger partial charge in [-0.3, -0.25) is 9.48 Å². The van der Waals surface area contributed by atoms with Gasteiger partial charge in [0.1, 0.15) is 18.8 Å². The molecule has 0 atom stereocenters. The first-order valence-corrected chi connectivity index (χ1v) is 10.9. The Morgan fingerprint density at radius 3 is 2.54 bits per heavy atom. The van der Waals surface area contributed by atoms with Gasteiger partial charge in [-0.2, -0.15) is 5.10 Å². The number of methoxy groups -OCH3 is 1. The third kappa shape index (κ3) is 5.87. The van der Waals surface area contributed by atoms with Gasteiger partial charge in [-0.1, -0.05) is 12.1 Å². The molecule has 14 heteroatoms. The van der Waals surface area contributed by atoms with E-state index in [1.807, 2.05) is 12.1 Å². The van der Waals surface area contributed by atoms with Gasteiger partial charge in [0.05, 0.1) is 24.0 Å². The highest BCUT2D eigenvalue weighted by atomic mass is 16.5. The van der Waals surface area contributed by atoms with E-state index in [9.17, 15) is 9.59 Å². The van der Waals surface area contributed by atoms with Gasteiger partial charge in [0.25, 0.3) is 5.91 Å². The number of ether oxygens (including phenoxy) is 2. The molecule has 0 aliphatic heterocycles. The molecule has 0 unspecified atom stereocenters. The molecule has 37 heavy (non-hydrogen) atoms. The van der Waals surface area contributed by atoms with Crippen molar-refractivity contribution in [2.45, 2.75) is 6.61 Å². The van der Waals surface area contributed by atoms with Crippen LogP contribution in [0.3, 0.4) is 0 Å². The number of nitrogens with two attached hydrogens (primary N) is 1. The van der Waals surface area contributed by atoms with E-state index in [1.165, 1.54) is 20.4 Å². The molecule has 0 saturated carbocycles. The van der Waals surface area contributed by atoms with Gasteiger partial charge >= 0.3 is 6.09 Å². The minimum atomic E-state index is -0.868. The number of nitrogens with zero attached hydrogens (tertiary/aromatic N) is 6. The number of pyridine rings is 1. The lowest BCUT2D eigenvalue weighted by molar-refractivity contribution is 0.0958. The van der Waals surface area contributed by atoms with Crippen molar-refractivity contribution < 1.29 is 19.1 Å². The summed E-state index contributed by atoms with van der Waals surface area (Å²) in [6.45, 7) is 0.00618. The summed E-state index contributed by atoms with van der Waals surface area (Å²) < 4.78 is 12.0. The molecule has 0 spiro atoms. The van der Waals surface area contributed by atoms with Crippen molar-refractivity contribution in [3.05, 3.63) is 60.2 Å². The topological polar surface area (TPSA) is 184 Å². The highest BCUT2D eigenvalue weighted by Crippen LogP contribution is 2.37. The normalized spacial score (nSPS) is 10.5. The Morgan fingerprint density at radius 1 is 1.05 bits per heavy atom. The molecule has 0 bridgehead atoms. The maximum Gasteiger partial charge on any atom is 0.404 e. The van der Waals surface area contributed by atoms with Gasteiger partial charge < -0.3 is 31.2 Å². The average molecular weight is 505 g/mol. The lowest BCUT2D eigenvalue weighted by atomic mass is 10.1. The fourth-order valence-electron chi connectivity index (χ4n) is 3.34. The molecule has 4 rings (SSSR count). The molecule has 1 aromatic carbocycles. The van der Waals surface area contributed by atoms with Crippen LogP contribution in [-0.2, 0) is 18.4 Å². The monoisotopic (exact) mass is 504 g/mol. The fourth-order valence-corrected chi connectivity index (χ4v) is 3.34. The van der Waals surface area contributed by atoms with Gasteiger partial charge in [-0.25, -0.2) is 14.8 Å². The molecule has 3 aromatic heterocycles. The summed E-state index contributed by atoms with van der Waals surface area (Å²) in [5.41, 5.74) is 7.31. The fraction of sp³-hybridized carbons (Fsp3) is 0.174. The number of benzene rings is 1. The van der Waals surface area contributed by atoms with E-state index in [-0.39, 0.29) is 12.3 Å². The SMILES string of the molecule is CNC(=O)c1nnc(Nc2ccc(COC(N)=O)cn2)cc1Nc1cccc(-c2ncn(C)n2)c1OC. The van der Waals surface area contributed by atoms with E-state index >= 15 is 0 Å². The summed E-state index contributed by atoms with van der Waals surface area (Å²) in [5.74, 6) is 1.32. The third-order valence-electron chi connectivity index (χ3n) is 5.03. The van der Waals surface area contributed by atoms with Crippen molar-refractivity contribution in [3.63, 3.8) is 0 Å². The molecule has 14 nitrogen and oxygen atoms in total. The molecule has 190 valence electrons. The number of amides is 2. The number of primary amides is 1. The smallest absolute Gasteiger partial charge is 0.404 e. The predicted molar refractivity (Wildman–Crippen MR) is 134 cm³/mol. The molecule has 3 heterocycles. The average Bonchev–Trinajstić information content (AvgIpc) is 3.34. The van der Waals surface area contributed by atoms with Crippen LogP contribution in [0.1, 0.15) is 16.1 Å². The van der Waals surface area contributed by atoms with Crippen LogP contribution in [0.25, 0.3) is 11.4 Å². The van der Waals surface area contributed by atoms with Crippen LogP contribution in [0.15, 0.2) is 48.9 Å². The zero-order valence-electron chi connectivity index (χ0n) is 20.2. The van der Waals surface area contributed by atoms with E-state index in [4.69, 9.17) is 15.2 Å². The number of carbonyl (C=O) groups excluding carboxylic acids is 2. The second-order valence-corrected chi connectivity index (χ2v) is 7.61. The quantitative estimate of drug-likeness (QED) is 0.262. The molecule has 0 aliphatic rings. The molecule has 5 N–H and O–H groups in total. The van der Waals surface area contributed by atoms with Gasteiger partial charge in [-0.15, -0.1) is 10.2 Å². The number of hydrogen-bond donors (Lipinski definition) is 4. The Balaban J connectivity index is 1.63. The highest BCUT2D eigenvalue weighted by Gasteiger charge is 2.19. The number of anilines is 4. The molecule has 0 aliphatic carbocycles. The number of nitrogens with one attached hydrogen (secondary N) is 3. The van der Waals surface area contributed by atoms with Crippen LogP contribution in [0.5, 0.6) is 5.75 Å². The van der Waals surface area contributed by atoms with E-state index in [0.717, 1.165) is 0 Å². The number of aromatic nitrogens is 6. The van der Waals surface area contributed by atoms with E-state index in [0.29, 0.717) is 45.7 Å². The Morgan fingerprint density at radius 2 is 1.89 bits per heavy atom. The summed E-state index contributed by atoms with van der Waals surface area (Å²) in [7, 11) is 4.81. The van der Waals surface area contributed by atoms with Crippen molar-refractivity contribution in [3.8, 4) is 17.1 Å². The van der Waals surface area contributed by atoms with Crippen LogP contribution >= 0.6 is 0 Å². The van der Waals surface area contributed by atoms with E-state index in [1.54, 1.807) is 42.3 Å². The summed E-state index contributed by atoms with van der Waals surface area (Å²) >= 11 is 0. The van der Waals surface area contributed by atoms with Gasteiger partial charge in [0, 0.05) is 31.9 Å². The minimum absolute atomic E-state index is 0.00618. The van der Waals surface area contributed by atoms with E-state index in [2.05, 4.69) is 41.2 Å². The van der Waals surface area contributed by atoms with Crippen molar-refractivity contribution >= 4 is 35.0 Å². The van der Waals surface area contributed by atoms with Crippen molar-refractivity contribution in [1.29, 1.82) is 0 Å². The first-order valence-electron chi connectivity index (χ1n) is 10.9. The Labute approximate surface area is 211 Å². The van der Waals surface area contributed by atoms with Crippen LogP contribution < -0.4 is 26.4 Å². The number of rotatable bonds is 9. The molecule has 0 fully saturated rings. The zero-order chi connectivity index (χ0) is 26.4. The summed E-state index contributed by atoms with van der Waals surface area (Å²) in [5, 5.41) is 21.3. The van der Waals surface area contributed by atoms with Gasteiger partial charge in [0.2, 0.25) is 0 Å². The lowest BCUT2D eigenvalue weighted by Crippen LogP contribution is -2.21. The number of aryl methyl sites for hydroxylation is 1. The van der Waals surface area contributed by atoms with Crippen molar-refractivity contribution in [2.75, 3.05) is 24.8 Å². The standard InChI is InChI=1S/C23H24N10O4/c1-25-22(34)19-16(28-15-6-4-5-14(20(15)36-3)21-27-12-33(2)32-21)9-18(30-31-19)29-17-8-7-13(10-26-17)11-37-23(24)35/h4-10,12H,11H2,1-3H3,(H2,24,35)(H,25,34)(H2,26,28,29,30). The maximum absolute atomic E-state index is 12.5. The van der Waals surface area contributed by atoms with Crippen LogP contribution in [0.2, 0.25) is 0 Å². The largest absolute Gasteiger partial charge is 0.494 e. The third-order valence-corrected chi connectivity index (χ3v) is 5.03. The Hall–Kier alpha value is -5.27. The van der Waals surface area contributed by atoms with Gasteiger partial charge in [-0.05, 0) is 18.2 Å². The molecule has 0 saturated heterocycles. The first kappa shape index (κ1) is 24.8. The highest BCUT2D eigenvalue weighted by molar-refractivity contribution is 5.99. The van der Waals surface area contributed by atoms with Crippen LogP contribution in [-0.4, -0.2) is 56.1 Å². The molecule has 4 aromatic rings. The number of hydrogen-bond acceptors (Lipinski definition) is 11. The molecular weight excluding hydrogens is 480 g/mol. The van der Waals surface area contributed by atoms with Gasteiger partial charge in [0.15, 0.2) is 23.1 Å². The van der Waals surface area contributed by atoms with E-state index < -0.39 is 12.0 Å². The lowest BCUT2D eigenvalue weighted by Gasteiger charge is -2.16. The van der Waals surface area contributed by atoms with Crippen molar-refractivity contribution in [1.82, 2.24) is 35.3 Å². The Kier molecular flexibility index (Phi) is 7.37. The zero-order valence-corrected chi connectivity index (χ0v) is 20.2. The first-order chi connectivity index (χ1) is 17.9. The minimum Gasteiger partial charge on any atom is -0.494 e. The van der Waals surface area contributed by atoms with Crippen LogP contribution in [0.4, 0.5) is 27.8 Å².